The van der Waals surface area contributed by atoms with Gasteiger partial charge in [-0.1, -0.05) is 12.1 Å². The van der Waals surface area contributed by atoms with Crippen molar-refractivity contribution in [2.75, 3.05) is 0 Å². The molecule has 0 radical (unpaired) electrons. The number of hydrogen-bond acceptors (Lipinski definition) is 2. The van der Waals surface area contributed by atoms with E-state index in [-0.39, 0.29) is 11.3 Å². The van der Waals surface area contributed by atoms with Gasteiger partial charge in [0.25, 0.3) is 0 Å². The first kappa shape index (κ1) is 10.5. The molecular weight excluding hydrogens is 221 g/mol. The summed E-state index contributed by atoms with van der Waals surface area (Å²) in [6.07, 6.45) is -1.72. The summed E-state index contributed by atoms with van der Waals surface area (Å²) in [6, 6.07) is 5.82. The van der Waals surface area contributed by atoms with Crippen molar-refractivity contribution in [2.24, 2.45) is 0 Å². The number of aromatic nitrogens is 2. The second kappa shape index (κ2) is 3.88. The smallest absolute Gasteiger partial charge is 0.405 e. The van der Waals surface area contributed by atoms with E-state index in [2.05, 4.69) is 14.7 Å². The maximum Gasteiger partial charge on any atom is 0.573 e. The molecule has 1 aromatic carbocycles. The fourth-order valence-corrected chi connectivity index (χ4v) is 1.29. The summed E-state index contributed by atoms with van der Waals surface area (Å²) in [4.78, 5) is 6.60. The van der Waals surface area contributed by atoms with E-state index < -0.39 is 6.36 Å². The highest BCUT2D eigenvalue weighted by atomic mass is 19.4. The van der Waals surface area contributed by atoms with Crippen molar-refractivity contribution < 1.29 is 17.9 Å². The van der Waals surface area contributed by atoms with Crippen LogP contribution in [0.3, 0.4) is 0 Å². The average molecular weight is 228 g/mol. The number of nitrogens with zero attached hydrogens (tertiary/aromatic N) is 1. The molecule has 0 unspecified atom stereocenters. The van der Waals surface area contributed by atoms with E-state index in [0.29, 0.717) is 5.82 Å². The Morgan fingerprint density at radius 3 is 2.56 bits per heavy atom. The second-order valence-electron chi connectivity index (χ2n) is 2.98. The number of hydrogen-bond donors (Lipinski definition) is 1. The number of ether oxygens (including phenoxy) is 1. The van der Waals surface area contributed by atoms with Gasteiger partial charge in [-0.3, -0.25) is 0 Å². The maximum absolute atomic E-state index is 12.1. The summed E-state index contributed by atoms with van der Waals surface area (Å²) < 4.78 is 40.2. The molecule has 0 bridgehead atoms. The number of benzene rings is 1. The van der Waals surface area contributed by atoms with Gasteiger partial charge in [0.15, 0.2) is 0 Å². The molecule has 0 amide bonds. The quantitative estimate of drug-likeness (QED) is 0.857. The predicted octanol–water partition coefficient (Wildman–Crippen LogP) is 2.98. The molecule has 0 aliphatic rings. The Kier molecular flexibility index (Phi) is 2.55. The predicted molar refractivity (Wildman–Crippen MR) is 50.7 cm³/mol. The largest absolute Gasteiger partial charge is 0.573 e. The molecule has 2 aromatic rings. The standard InChI is InChI=1S/C10H7F3N2O/c11-10(12,13)16-8-4-2-1-3-7(8)9-14-5-6-15-9/h1-6H,(H,14,15). The van der Waals surface area contributed by atoms with Crippen LogP contribution in [0.15, 0.2) is 36.7 Å². The fraction of sp³-hybridized carbons (Fsp3) is 0.100. The number of imidazole rings is 1. The van der Waals surface area contributed by atoms with Gasteiger partial charge in [-0.25, -0.2) is 4.98 Å². The lowest BCUT2D eigenvalue weighted by atomic mass is 10.2. The molecule has 0 saturated heterocycles. The van der Waals surface area contributed by atoms with Gasteiger partial charge in [0.2, 0.25) is 0 Å². The number of H-pyrrole nitrogens is 1. The number of nitrogens with one attached hydrogen (secondary N) is 1. The third-order valence-corrected chi connectivity index (χ3v) is 1.87. The lowest BCUT2D eigenvalue weighted by Crippen LogP contribution is -2.17. The highest BCUT2D eigenvalue weighted by Crippen LogP contribution is 2.31. The molecule has 0 saturated carbocycles. The Balaban J connectivity index is 2.39. The van der Waals surface area contributed by atoms with Crippen LogP contribution in [-0.4, -0.2) is 16.3 Å². The highest BCUT2D eigenvalue weighted by molar-refractivity contribution is 5.63. The van der Waals surface area contributed by atoms with Crippen LogP contribution in [0.5, 0.6) is 5.75 Å². The van der Waals surface area contributed by atoms with Crippen LogP contribution in [0, 0.1) is 0 Å². The van der Waals surface area contributed by atoms with E-state index in [1.165, 1.54) is 30.6 Å². The Bertz CT molecular complexity index is 465. The molecule has 3 nitrogen and oxygen atoms in total. The average Bonchev–Trinajstić information content (AvgIpc) is 2.69. The molecule has 6 heteroatoms. The zero-order valence-corrected chi connectivity index (χ0v) is 7.95. The second-order valence-corrected chi connectivity index (χ2v) is 2.98. The molecular formula is C10H7F3N2O. The van der Waals surface area contributed by atoms with Crippen molar-refractivity contribution in [1.29, 1.82) is 0 Å². The van der Waals surface area contributed by atoms with Gasteiger partial charge in [0.1, 0.15) is 11.6 Å². The summed E-state index contributed by atoms with van der Waals surface area (Å²) in [5.74, 6) is 0.0600. The van der Waals surface area contributed by atoms with Crippen LogP contribution in [0.2, 0.25) is 0 Å². The minimum atomic E-state index is -4.71. The molecule has 1 N–H and O–H groups in total. The van der Waals surface area contributed by atoms with Crippen LogP contribution >= 0.6 is 0 Å². The Labute approximate surface area is 88.9 Å². The molecule has 2 rings (SSSR count). The topological polar surface area (TPSA) is 37.9 Å². The van der Waals surface area contributed by atoms with Crippen LogP contribution in [0.25, 0.3) is 11.4 Å². The molecule has 0 aliphatic heterocycles. The van der Waals surface area contributed by atoms with Crippen LogP contribution in [0.4, 0.5) is 13.2 Å². The molecule has 0 atom stereocenters. The van der Waals surface area contributed by atoms with Crippen LogP contribution in [0.1, 0.15) is 0 Å². The molecule has 0 fully saturated rings. The Morgan fingerprint density at radius 2 is 1.94 bits per heavy atom. The molecule has 84 valence electrons. The highest BCUT2D eigenvalue weighted by Gasteiger charge is 2.32. The van der Waals surface area contributed by atoms with Gasteiger partial charge < -0.3 is 9.72 Å². The Hall–Kier alpha value is -1.98. The van der Waals surface area contributed by atoms with E-state index in [1.807, 2.05) is 0 Å². The fourth-order valence-electron chi connectivity index (χ4n) is 1.29. The van der Waals surface area contributed by atoms with Gasteiger partial charge in [0, 0.05) is 12.4 Å². The molecule has 0 spiro atoms. The summed E-state index contributed by atoms with van der Waals surface area (Å²) in [7, 11) is 0. The lowest BCUT2D eigenvalue weighted by molar-refractivity contribution is -0.274. The maximum atomic E-state index is 12.1. The van der Waals surface area contributed by atoms with E-state index in [9.17, 15) is 13.2 Å². The normalized spacial score (nSPS) is 11.4. The molecule has 16 heavy (non-hydrogen) atoms. The van der Waals surface area contributed by atoms with E-state index >= 15 is 0 Å². The minimum absolute atomic E-state index is 0.268. The van der Waals surface area contributed by atoms with Crippen LogP contribution in [-0.2, 0) is 0 Å². The first-order chi connectivity index (χ1) is 7.56. The monoisotopic (exact) mass is 228 g/mol. The SMILES string of the molecule is FC(F)(F)Oc1ccccc1-c1ncc[nH]1. The molecule has 1 aromatic heterocycles. The van der Waals surface area contributed by atoms with Crippen LogP contribution < -0.4 is 4.74 Å². The van der Waals surface area contributed by atoms with E-state index in [1.54, 1.807) is 6.07 Å². The first-order valence-corrected chi connectivity index (χ1v) is 4.41. The van der Waals surface area contributed by atoms with E-state index in [4.69, 9.17) is 0 Å². The van der Waals surface area contributed by atoms with Crippen molar-refractivity contribution in [3.63, 3.8) is 0 Å². The summed E-state index contributed by atoms with van der Waals surface area (Å²) in [5, 5.41) is 0. The van der Waals surface area contributed by atoms with E-state index in [0.717, 1.165) is 0 Å². The summed E-state index contributed by atoms with van der Waals surface area (Å²) in [5.41, 5.74) is 0.268. The number of para-hydroxylation sites is 1. The summed E-state index contributed by atoms with van der Waals surface area (Å²) >= 11 is 0. The first-order valence-electron chi connectivity index (χ1n) is 4.41. The van der Waals surface area contributed by atoms with Gasteiger partial charge in [0.05, 0.1) is 5.56 Å². The van der Waals surface area contributed by atoms with Crippen molar-refractivity contribution in [3.8, 4) is 17.1 Å². The Morgan fingerprint density at radius 1 is 1.19 bits per heavy atom. The number of alkyl halides is 3. The number of halogens is 3. The molecule has 1 heterocycles. The molecule has 0 aliphatic carbocycles. The van der Waals surface area contributed by atoms with Gasteiger partial charge in [-0.2, -0.15) is 0 Å². The number of rotatable bonds is 2. The third-order valence-electron chi connectivity index (χ3n) is 1.87. The third kappa shape index (κ3) is 2.33. The number of aromatic amines is 1. The summed E-state index contributed by atoms with van der Waals surface area (Å²) in [6.45, 7) is 0. The van der Waals surface area contributed by atoms with Gasteiger partial charge >= 0.3 is 6.36 Å². The zero-order chi connectivity index (χ0) is 11.6. The zero-order valence-electron chi connectivity index (χ0n) is 7.95. The van der Waals surface area contributed by atoms with Crippen molar-refractivity contribution in [1.82, 2.24) is 9.97 Å². The van der Waals surface area contributed by atoms with Gasteiger partial charge in [-0.15, -0.1) is 13.2 Å². The lowest BCUT2D eigenvalue weighted by Gasteiger charge is -2.11. The van der Waals surface area contributed by atoms with Gasteiger partial charge in [-0.05, 0) is 12.1 Å². The van der Waals surface area contributed by atoms with Crippen molar-refractivity contribution in [3.05, 3.63) is 36.7 Å². The minimum Gasteiger partial charge on any atom is -0.405 e. The van der Waals surface area contributed by atoms with Crippen molar-refractivity contribution in [2.45, 2.75) is 6.36 Å². The van der Waals surface area contributed by atoms with Crippen molar-refractivity contribution >= 4 is 0 Å².